The van der Waals surface area contributed by atoms with Crippen molar-refractivity contribution in [3.63, 3.8) is 0 Å². The average molecular weight is 255 g/mol. The minimum atomic E-state index is 0.496. The molecule has 2 rings (SSSR count). The normalized spacial score (nSPS) is 12.2. The van der Waals surface area contributed by atoms with E-state index in [-0.39, 0.29) is 0 Å². The van der Waals surface area contributed by atoms with Crippen LogP contribution in [-0.4, -0.2) is 13.7 Å². The molecule has 0 saturated heterocycles. The van der Waals surface area contributed by atoms with Gasteiger partial charge in [-0.15, -0.1) is 0 Å². The Morgan fingerprint density at radius 2 is 1.74 bits per heavy atom. The van der Waals surface area contributed by atoms with E-state index in [4.69, 9.17) is 10.5 Å². The van der Waals surface area contributed by atoms with Gasteiger partial charge in [0.2, 0.25) is 0 Å². The molecule has 1 unspecified atom stereocenters. The lowest BCUT2D eigenvalue weighted by atomic mass is 9.94. The molecule has 1 atom stereocenters. The molecular formula is C17H21NO. The minimum absolute atomic E-state index is 0.496. The number of benzene rings is 2. The van der Waals surface area contributed by atoms with Crippen molar-refractivity contribution in [3.8, 4) is 16.9 Å². The molecule has 19 heavy (non-hydrogen) atoms. The maximum atomic E-state index is 5.64. The molecule has 0 bridgehead atoms. The van der Waals surface area contributed by atoms with E-state index >= 15 is 0 Å². The molecule has 0 fully saturated rings. The van der Waals surface area contributed by atoms with Crippen LogP contribution in [0.15, 0.2) is 48.5 Å². The van der Waals surface area contributed by atoms with Crippen molar-refractivity contribution in [3.05, 3.63) is 54.1 Å². The molecule has 0 amide bonds. The van der Waals surface area contributed by atoms with Crippen molar-refractivity contribution in [1.82, 2.24) is 0 Å². The quantitative estimate of drug-likeness (QED) is 0.881. The topological polar surface area (TPSA) is 35.2 Å². The van der Waals surface area contributed by atoms with Crippen LogP contribution in [0.4, 0.5) is 0 Å². The number of nitrogens with two attached hydrogens (primary N) is 1. The van der Waals surface area contributed by atoms with E-state index in [9.17, 15) is 0 Å². The second kappa shape index (κ2) is 6.39. The third-order valence-corrected chi connectivity index (χ3v) is 3.46. The first-order valence-electron chi connectivity index (χ1n) is 6.69. The van der Waals surface area contributed by atoms with Crippen LogP contribution < -0.4 is 10.5 Å². The van der Waals surface area contributed by atoms with Crippen molar-refractivity contribution in [2.45, 2.75) is 19.3 Å². The van der Waals surface area contributed by atoms with Gasteiger partial charge in [0.15, 0.2) is 0 Å². The number of ether oxygens (including phenoxy) is 1. The fourth-order valence-electron chi connectivity index (χ4n) is 2.24. The Bertz CT molecular complexity index is 536. The first-order valence-corrected chi connectivity index (χ1v) is 6.69. The highest BCUT2D eigenvalue weighted by atomic mass is 16.5. The summed E-state index contributed by atoms with van der Waals surface area (Å²) in [5, 5.41) is 0. The second-order valence-corrected chi connectivity index (χ2v) is 4.84. The van der Waals surface area contributed by atoms with E-state index in [0.29, 0.717) is 5.92 Å². The smallest absolute Gasteiger partial charge is 0.119 e. The highest BCUT2D eigenvalue weighted by molar-refractivity contribution is 5.65. The number of rotatable bonds is 5. The summed E-state index contributed by atoms with van der Waals surface area (Å²) in [6.45, 7) is 2.95. The first-order chi connectivity index (χ1) is 9.24. The third-order valence-electron chi connectivity index (χ3n) is 3.46. The van der Waals surface area contributed by atoms with Crippen molar-refractivity contribution < 1.29 is 4.74 Å². The fourth-order valence-corrected chi connectivity index (χ4v) is 2.24. The molecule has 2 N–H and O–H groups in total. The molecular weight excluding hydrogens is 234 g/mol. The lowest BCUT2D eigenvalue weighted by molar-refractivity contribution is 0.415. The summed E-state index contributed by atoms with van der Waals surface area (Å²) >= 11 is 0. The van der Waals surface area contributed by atoms with Gasteiger partial charge >= 0.3 is 0 Å². The van der Waals surface area contributed by atoms with Crippen LogP contribution in [0.5, 0.6) is 5.75 Å². The number of hydrogen-bond acceptors (Lipinski definition) is 2. The zero-order valence-corrected chi connectivity index (χ0v) is 11.6. The highest BCUT2D eigenvalue weighted by Crippen LogP contribution is 2.27. The Hall–Kier alpha value is -1.80. The average Bonchev–Trinajstić information content (AvgIpc) is 2.48. The lowest BCUT2D eigenvalue weighted by Gasteiger charge is -2.12. The fraction of sp³-hybridized carbons (Fsp3) is 0.294. The van der Waals surface area contributed by atoms with Gasteiger partial charge < -0.3 is 10.5 Å². The van der Waals surface area contributed by atoms with E-state index in [2.05, 4.69) is 43.3 Å². The summed E-state index contributed by atoms with van der Waals surface area (Å²) in [6, 6.07) is 16.8. The van der Waals surface area contributed by atoms with Crippen molar-refractivity contribution >= 4 is 0 Å². The largest absolute Gasteiger partial charge is 0.497 e. The number of methoxy groups -OCH3 is 1. The summed E-state index contributed by atoms with van der Waals surface area (Å²) < 4.78 is 5.28. The minimum Gasteiger partial charge on any atom is -0.497 e. The van der Waals surface area contributed by atoms with Crippen LogP contribution in [0, 0.1) is 0 Å². The monoisotopic (exact) mass is 255 g/mol. The zero-order valence-electron chi connectivity index (χ0n) is 11.6. The van der Waals surface area contributed by atoms with Crippen molar-refractivity contribution in [2.24, 2.45) is 5.73 Å². The van der Waals surface area contributed by atoms with Gasteiger partial charge in [-0.3, -0.25) is 0 Å². The predicted octanol–water partition coefficient (Wildman–Crippen LogP) is 3.81. The predicted molar refractivity (Wildman–Crippen MR) is 80.5 cm³/mol. The SMILES string of the molecule is COc1cccc(-c2cccc(C(C)CCN)c2)c1. The first kappa shape index (κ1) is 13.6. The van der Waals surface area contributed by atoms with Crippen LogP contribution in [0.1, 0.15) is 24.8 Å². The van der Waals surface area contributed by atoms with Crippen LogP contribution in [0.3, 0.4) is 0 Å². The van der Waals surface area contributed by atoms with E-state index in [1.807, 2.05) is 12.1 Å². The van der Waals surface area contributed by atoms with Gasteiger partial charge in [-0.2, -0.15) is 0 Å². The van der Waals surface area contributed by atoms with E-state index in [1.165, 1.54) is 16.7 Å². The molecule has 2 heteroatoms. The van der Waals surface area contributed by atoms with Gasteiger partial charge in [-0.1, -0.05) is 43.3 Å². The molecule has 0 radical (unpaired) electrons. The van der Waals surface area contributed by atoms with E-state index < -0.39 is 0 Å². The molecule has 100 valence electrons. The van der Waals surface area contributed by atoms with Crippen LogP contribution >= 0.6 is 0 Å². The van der Waals surface area contributed by atoms with Gasteiger partial charge in [-0.05, 0) is 47.7 Å². The Balaban J connectivity index is 2.31. The van der Waals surface area contributed by atoms with Crippen LogP contribution in [0.25, 0.3) is 11.1 Å². The van der Waals surface area contributed by atoms with Gasteiger partial charge in [0.05, 0.1) is 7.11 Å². The molecule has 0 aliphatic rings. The molecule has 0 saturated carbocycles. The standard InChI is InChI=1S/C17H21NO/c1-13(9-10-18)14-5-3-6-15(11-14)16-7-4-8-17(12-16)19-2/h3-8,11-13H,9-10,18H2,1-2H3. The molecule has 0 aliphatic carbocycles. The molecule has 2 aromatic carbocycles. The Morgan fingerprint density at radius 1 is 1.05 bits per heavy atom. The molecule has 0 aromatic heterocycles. The van der Waals surface area contributed by atoms with Crippen LogP contribution in [-0.2, 0) is 0 Å². The molecule has 2 nitrogen and oxygen atoms in total. The van der Waals surface area contributed by atoms with Gasteiger partial charge in [-0.25, -0.2) is 0 Å². The van der Waals surface area contributed by atoms with E-state index in [0.717, 1.165) is 18.7 Å². The maximum Gasteiger partial charge on any atom is 0.119 e. The summed E-state index contributed by atoms with van der Waals surface area (Å²) in [5.74, 6) is 1.38. The van der Waals surface area contributed by atoms with Crippen molar-refractivity contribution in [2.75, 3.05) is 13.7 Å². The van der Waals surface area contributed by atoms with Crippen LogP contribution in [0.2, 0.25) is 0 Å². The third kappa shape index (κ3) is 3.36. The Kier molecular flexibility index (Phi) is 4.58. The summed E-state index contributed by atoms with van der Waals surface area (Å²) in [7, 11) is 1.69. The molecule has 2 aromatic rings. The Labute approximate surface area is 115 Å². The van der Waals surface area contributed by atoms with Crippen molar-refractivity contribution in [1.29, 1.82) is 0 Å². The summed E-state index contributed by atoms with van der Waals surface area (Å²) in [5.41, 5.74) is 9.38. The molecule has 0 spiro atoms. The lowest BCUT2D eigenvalue weighted by Crippen LogP contribution is -2.04. The molecule has 0 heterocycles. The maximum absolute atomic E-state index is 5.64. The second-order valence-electron chi connectivity index (χ2n) is 4.84. The van der Waals surface area contributed by atoms with Gasteiger partial charge in [0.25, 0.3) is 0 Å². The Morgan fingerprint density at radius 3 is 2.42 bits per heavy atom. The molecule has 0 aliphatic heterocycles. The number of hydrogen-bond donors (Lipinski definition) is 1. The summed E-state index contributed by atoms with van der Waals surface area (Å²) in [4.78, 5) is 0. The highest BCUT2D eigenvalue weighted by Gasteiger charge is 2.06. The van der Waals surface area contributed by atoms with E-state index in [1.54, 1.807) is 7.11 Å². The van der Waals surface area contributed by atoms with Gasteiger partial charge in [0.1, 0.15) is 5.75 Å². The zero-order chi connectivity index (χ0) is 13.7. The summed E-state index contributed by atoms with van der Waals surface area (Å²) in [6.07, 6.45) is 1.02. The van der Waals surface area contributed by atoms with Gasteiger partial charge in [0, 0.05) is 0 Å².